The number of anilines is 1. The molecule has 3 aromatic rings. The van der Waals surface area contributed by atoms with Crippen LogP contribution in [0.3, 0.4) is 0 Å². The average Bonchev–Trinajstić information content (AvgIpc) is 1.61. The summed E-state index contributed by atoms with van der Waals surface area (Å²) in [4.78, 5) is 195. The Kier molecular flexibility index (Phi) is 47.7. The van der Waals surface area contributed by atoms with Crippen LogP contribution in [0.4, 0.5) is 15.3 Å². The van der Waals surface area contributed by atoms with Crippen LogP contribution in [0.15, 0.2) is 53.3 Å². The van der Waals surface area contributed by atoms with Crippen molar-refractivity contribution >= 4 is 122 Å². The van der Waals surface area contributed by atoms with Crippen molar-refractivity contribution in [3.63, 3.8) is 0 Å². The standard InChI is InChI=1S/C84H130N18O28S2/c1-7-50(4)59-36-56(104)40-88-75(111)53-34-60-58-14-15-69(122-6)61(74(58)98-81(60)132(121)48-65(94-71(109)41-89-76(59)112)79(115)96-64(38-70(85)108)82(117)102-44-57(105)37-66(102)80(116)97-73(67(106)35-53)51(5)68(107)45-103)47-131-32-31-129-30-29-128-28-27-127-26-25-126-24-23-125-22-21-124-20-19-123-18-17-101-43-55(99-100-101)39-90-84(119)130-46-52-10-12-54(13-11-52)92-77(113)62(9-8-16-87-83(86)118)95-78(114)63(33-49(2)3)93-72(110)42-91-120/h10-15,43,49-51,53,57,59,62-66,68,73,91,98-100,103,105,107,120H,7-9,16-42,44-48H2,1-6H3,(H2,85,108)(H,88,111)(H,89,112)(H,90,119)(H,92,113)(H,93,110)(H,94,109)(H,95,114)(H,96,115)(H,97,116)(H3,86,87,118)/t50-,51-,53+,57+,59-,62-,63-,64?,65-,66-,68-,73-,132?/m0/s1. The summed E-state index contributed by atoms with van der Waals surface area (Å²) in [6.07, 6.45) is -3.72. The van der Waals surface area contributed by atoms with E-state index in [2.05, 4.69) is 69.1 Å². The number of hydrogen-bond donors (Lipinski definition) is 20. The van der Waals surface area contributed by atoms with Gasteiger partial charge in [0.2, 0.25) is 59.1 Å². The minimum Gasteiger partial charge on any atom is -0.496 e. The van der Waals surface area contributed by atoms with Gasteiger partial charge < -0.3 is 143 Å². The molecule has 2 bridgehead atoms. The first-order chi connectivity index (χ1) is 63.3. The molecule has 48 heteroatoms. The summed E-state index contributed by atoms with van der Waals surface area (Å²) in [6.45, 7) is 10.5. The molecule has 1 saturated heterocycles. The van der Waals surface area contributed by atoms with E-state index in [1.165, 1.54) is 25.8 Å². The summed E-state index contributed by atoms with van der Waals surface area (Å²) in [5.41, 5.74) is 21.2. The predicted molar refractivity (Wildman–Crippen MR) is 476 cm³/mol. The third kappa shape index (κ3) is 36.9. The third-order valence-electron chi connectivity index (χ3n) is 21.9. The average molecular weight is 1900 g/mol. The van der Waals surface area contributed by atoms with Gasteiger partial charge in [0.15, 0.2) is 11.6 Å². The number of benzene rings is 2. The summed E-state index contributed by atoms with van der Waals surface area (Å²) >= 11 is 1.44. The number of nitrogens with zero attached hydrogens (tertiary/aromatic N) is 2. The molecule has 132 heavy (non-hydrogen) atoms. The van der Waals surface area contributed by atoms with Crippen LogP contribution in [0.2, 0.25) is 0 Å². The molecular weight excluding hydrogens is 1770 g/mol. The van der Waals surface area contributed by atoms with Crippen molar-refractivity contribution in [3.8, 4) is 5.75 Å². The zero-order valence-electron chi connectivity index (χ0n) is 75.2. The van der Waals surface area contributed by atoms with E-state index in [0.717, 1.165) is 4.90 Å². The number of hydrogen-bond acceptors (Lipinski definition) is 33. The maximum Gasteiger partial charge on any atom is 0.407 e. The summed E-state index contributed by atoms with van der Waals surface area (Å²) in [5.74, 6) is -14.2. The van der Waals surface area contributed by atoms with Gasteiger partial charge in [-0.05, 0) is 72.9 Å². The van der Waals surface area contributed by atoms with Crippen molar-refractivity contribution in [2.75, 3.05) is 169 Å². The number of aliphatic hydroxyl groups excluding tert-OH is 3. The fourth-order valence-corrected chi connectivity index (χ4v) is 16.8. The first-order valence-corrected chi connectivity index (χ1v) is 46.3. The number of ketones is 2. The number of carbonyl (C=O) groups excluding carboxylic acids is 14. The minimum absolute atomic E-state index is 0.00801. The van der Waals surface area contributed by atoms with E-state index in [1.807, 2.05) is 13.8 Å². The van der Waals surface area contributed by atoms with Crippen LogP contribution >= 0.6 is 11.8 Å². The van der Waals surface area contributed by atoms with E-state index < -0.39 is 236 Å². The van der Waals surface area contributed by atoms with Crippen molar-refractivity contribution in [1.82, 2.24) is 79.2 Å². The number of hydrazine groups is 2. The van der Waals surface area contributed by atoms with Crippen LogP contribution in [0.5, 0.6) is 5.75 Å². The smallest absolute Gasteiger partial charge is 0.407 e. The Morgan fingerprint density at radius 2 is 1.37 bits per heavy atom. The number of rotatable bonds is 51. The molecule has 46 nitrogen and oxygen atoms in total. The van der Waals surface area contributed by atoms with E-state index in [0.29, 0.717) is 131 Å². The number of nitrogens with two attached hydrogens (primary N) is 2. The monoisotopic (exact) mass is 1900 g/mol. The molecule has 0 aliphatic carbocycles. The minimum atomic E-state index is -2.43. The number of aliphatic hydroxyl groups is 3. The maximum absolute atomic E-state index is 15.4. The van der Waals surface area contributed by atoms with Crippen LogP contribution in [-0.2, 0) is 125 Å². The molecule has 0 spiro atoms. The third-order valence-corrected chi connectivity index (χ3v) is 24.2. The quantitative estimate of drug-likeness (QED) is 0.0192. The molecule has 4 aliphatic rings. The largest absolute Gasteiger partial charge is 0.496 e. The predicted octanol–water partition coefficient (Wildman–Crippen LogP) is -3.61. The number of amides is 13. The number of urea groups is 1. The lowest BCUT2D eigenvalue weighted by Gasteiger charge is -2.32. The molecule has 2 aromatic carbocycles. The molecule has 0 radical (unpaired) electrons. The van der Waals surface area contributed by atoms with E-state index in [9.17, 15) is 77.6 Å². The second kappa shape index (κ2) is 58.0. The lowest BCUT2D eigenvalue weighted by molar-refractivity contribution is -0.144. The maximum atomic E-state index is 15.4. The summed E-state index contributed by atoms with van der Waals surface area (Å²) in [5, 5.41) is 68.9. The van der Waals surface area contributed by atoms with E-state index in [-0.39, 0.29) is 81.0 Å². The fraction of sp³-hybridized carbons (Fsp3) is 0.643. The van der Waals surface area contributed by atoms with Gasteiger partial charge in [-0.15, -0.1) is 5.53 Å². The van der Waals surface area contributed by atoms with Crippen molar-refractivity contribution in [2.45, 2.75) is 158 Å². The second-order valence-electron chi connectivity index (χ2n) is 32.3. The first kappa shape index (κ1) is 109. The zero-order valence-corrected chi connectivity index (χ0v) is 76.9. The number of thioether (sulfide) groups is 1. The molecule has 4 aliphatic heterocycles. The van der Waals surface area contributed by atoms with Crippen LogP contribution in [0.25, 0.3) is 10.9 Å². The molecule has 13 amide bonds. The molecule has 0 saturated carbocycles. The highest BCUT2D eigenvalue weighted by atomic mass is 32.2. The number of methoxy groups -OCH3 is 1. The summed E-state index contributed by atoms with van der Waals surface area (Å²) in [6, 6.07) is -0.0406. The molecule has 22 N–H and O–H groups in total. The topological polar surface area (TPSA) is 651 Å². The lowest BCUT2D eigenvalue weighted by atomic mass is 9.85. The number of aromatic nitrogens is 1. The van der Waals surface area contributed by atoms with Gasteiger partial charge in [-0.1, -0.05) is 53.2 Å². The second-order valence-corrected chi connectivity index (χ2v) is 34.9. The molecule has 736 valence electrons. The molecule has 5 heterocycles. The van der Waals surface area contributed by atoms with E-state index >= 15 is 9.00 Å². The number of carbonyl (C=O) groups is 14. The van der Waals surface area contributed by atoms with E-state index in [1.54, 1.807) is 66.9 Å². The van der Waals surface area contributed by atoms with Gasteiger partial charge in [0.05, 0.1) is 191 Å². The van der Waals surface area contributed by atoms with Crippen LogP contribution < -0.4 is 85.8 Å². The fourth-order valence-electron chi connectivity index (χ4n) is 14.6. The number of ether oxygens (including phenoxy) is 9. The van der Waals surface area contributed by atoms with Crippen LogP contribution in [-0.4, -0.2) is 334 Å². The highest BCUT2D eigenvalue weighted by Crippen LogP contribution is 2.38. The zero-order chi connectivity index (χ0) is 96.2. The number of hydroxylamine groups is 1. The SMILES string of the molecule is CC[C@H](C)[C@@H]1CC(=O)CNC(=O)[C@H]2CC(=O)[C@H]([C@@H](C)[C@@H](O)CO)NC(=O)[C@@H]3C[C@@H](O)CN3C(=O)C(CC(N)=O)NC(=O)[C@H](CS(=O)c3[nH]c4c(CSCCOCCOCCOCCOCCOCCOCCOCCN5C=C(CNC(=O)OCc6ccc(NC(=O)[C@H](CCCNC(N)=O)NC(=O)[C@H](CC(C)C)NC(=O)CNO)cc6)NN5)c(OC)ccc4c3C2)NC(=O)CNC1=O. The Labute approximate surface area is 770 Å². The van der Waals surface area contributed by atoms with Gasteiger partial charge in [-0.25, -0.2) is 9.59 Å². The van der Waals surface area contributed by atoms with Crippen molar-refractivity contribution in [1.29, 1.82) is 0 Å². The Hall–Kier alpha value is -10.3. The number of fused-ring (bicyclic) bond motifs is 5. The number of Topliss-reactive ketones (excluding diaryl/α,β-unsaturated/α-hetero) is 2. The van der Waals surface area contributed by atoms with Crippen LogP contribution in [0.1, 0.15) is 103 Å². The van der Waals surface area contributed by atoms with Crippen molar-refractivity contribution < 1.29 is 134 Å². The lowest BCUT2D eigenvalue weighted by Crippen LogP contribution is -2.60. The Bertz CT molecular complexity index is 4360. The summed E-state index contributed by atoms with van der Waals surface area (Å²) < 4.78 is 66.4. The normalized spacial score (nSPS) is 20.8. The highest BCUT2D eigenvalue weighted by molar-refractivity contribution is 7.98. The number of H-pyrrole nitrogens is 1. The van der Waals surface area contributed by atoms with Gasteiger partial charge in [0.25, 0.3) is 0 Å². The van der Waals surface area contributed by atoms with Gasteiger partial charge in [-0.2, -0.15) is 17.2 Å². The highest BCUT2D eigenvalue weighted by Gasteiger charge is 2.46. The Balaban J connectivity index is 0.801. The number of aromatic amines is 1. The number of alkyl carbamates (subject to hydrolysis) is 1. The van der Waals surface area contributed by atoms with Gasteiger partial charge in [-0.3, -0.25) is 66.8 Å². The molecule has 1 aromatic heterocycles. The van der Waals surface area contributed by atoms with Gasteiger partial charge >= 0.3 is 12.1 Å². The Morgan fingerprint density at radius 3 is 1.98 bits per heavy atom. The van der Waals surface area contributed by atoms with Crippen LogP contribution in [0, 0.1) is 29.6 Å². The van der Waals surface area contributed by atoms with Crippen molar-refractivity contribution in [3.05, 3.63) is 65.0 Å². The van der Waals surface area contributed by atoms with Gasteiger partial charge in [0, 0.05) is 84.4 Å². The van der Waals surface area contributed by atoms with Crippen molar-refractivity contribution in [2.24, 2.45) is 41.1 Å². The molecule has 2 unspecified atom stereocenters. The Morgan fingerprint density at radius 1 is 0.727 bits per heavy atom. The molecular formula is C84H130N18O28S2. The van der Waals surface area contributed by atoms with Gasteiger partial charge in [0.1, 0.15) is 47.6 Å². The number of primary amides is 2. The number of nitrogens with one attached hydrogen (secondary N) is 14. The molecule has 1 fully saturated rings. The molecule has 7 rings (SSSR count). The molecule has 13 atom stereocenters. The summed E-state index contributed by atoms with van der Waals surface area (Å²) in [7, 11) is -0.986. The van der Waals surface area contributed by atoms with E-state index in [4.69, 9.17) is 59.3 Å². The first-order valence-electron chi connectivity index (χ1n) is 43.9.